The zero-order valence-electron chi connectivity index (χ0n) is 37.3. The van der Waals surface area contributed by atoms with Crippen LogP contribution in [0.25, 0.3) is 0 Å². The summed E-state index contributed by atoms with van der Waals surface area (Å²) in [5.74, 6) is -3.06. The van der Waals surface area contributed by atoms with Crippen LogP contribution in [0.1, 0.15) is 102 Å². The molecule has 4 aliphatic rings. The van der Waals surface area contributed by atoms with Gasteiger partial charge in [0.05, 0.1) is 17.8 Å². The molecule has 0 spiro atoms. The van der Waals surface area contributed by atoms with E-state index in [0.29, 0.717) is 31.2 Å². The van der Waals surface area contributed by atoms with E-state index in [4.69, 9.17) is 32.2 Å². The van der Waals surface area contributed by atoms with Crippen molar-refractivity contribution >= 4 is 48.0 Å². The molecule has 15 N–H and O–H groups in total. The van der Waals surface area contributed by atoms with E-state index in [1.165, 1.54) is 12.5 Å². The van der Waals surface area contributed by atoms with Crippen LogP contribution in [-0.2, 0) is 34.9 Å². The van der Waals surface area contributed by atoms with Crippen molar-refractivity contribution in [1.82, 2.24) is 26.6 Å². The summed E-state index contributed by atoms with van der Waals surface area (Å²) in [5, 5.41) is 26.5. The lowest BCUT2D eigenvalue weighted by Gasteiger charge is -2.64. The van der Waals surface area contributed by atoms with E-state index in [1.54, 1.807) is 24.3 Å². The average molecular weight is 877 g/mol. The summed E-state index contributed by atoms with van der Waals surface area (Å²) >= 11 is 0. The summed E-state index contributed by atoms with van der Waals surface area (Å²) in [6.45, 7) is 10.3. The van der Waals surface area contributed by atoms with Crippen LogP contribution in [-0.4, -0.2) is 103 Å². The molecular formula is C44H69BN10O8. The quantitative estimate of drug-likeness (QED) is 0.0418. The number of carbonyl (C=O) groups excluding carboxylic acids is 5. The summed E-state index contributed by atoms with van der Waals surface area (Å²) in [5.41, 5.74) is 26.7. The third kappa shape index (κ3) is 12.1. The molecule has 1 unspecified atom stereocenters. The second-order valence-electron chi connectivity index (χ2n) is 18.0. The first-order chi connectivity index (χ1) is 29.9. The molecule has 3 saturated carbocycles. The van der Waals surface area contributed by atoms with Gasteiger partial charge in [-0.25, -0.2) is 0 Å². The van der Waals surface area contributed by atoms with Crippen LogP contribution in [0.5, 0.6) is 0 Å². The third-order valence-corrected chi connectivity index (χ3v) is 13.1. The van der Waals surface area contributed by atoms with Gasteiger partial charge in [0, 0.05) is 16.9 Å². The van der Waals surface area contributed by atoms with Gasteiger partial charge in [-0.3, -0.25) is 24.0 Å². The zero-order chi connectivity index (χ0) is 46.1. The average Bonchev–Trinajstić information content (AvgIpc) is 3.62. The molecular weight excluding hydrogens is 807 g/mol. The number of nitrogens with one attached hydrogen (secondary N) is 6. The Kier molecular flexibility index (Phi) is 17.1. The molecule has 2 aromatic carbocycles. The predicted molar refractivity (Wildman–Crippen MR) is 241 cm³/mol. The van der Waals surface area contributed by atoms with E-state index < -0.39 is 78.7 Å². The van der Waals surface area contributed by atoms with Gasteiger partial charge in [-0.05, 0) is 138 Å². The second-order valence-corrected chi connectivity index (χ2v) is 18.0. The minimum atomic E-state index is -1.70. The van der Waals surface area contributed by atoms with Crippen molar-refractivity contribution in [3.8, 4) is 0 Å². The Labute approximate surface area is 371 Å². The number of hydrogen-bond acceptors (Lipinski definition) is 13. The van der Waals surface area contributed by atoms with Crippen LogP contribution in [0.2, 0.25) is 0 Å². The topological polar surface area (TPSA) is 300 Å². The van der Waals surface area contributed by atoms with Gasteiger partial charge in [0.2, 0.25) is 17.7 Å². The zero-order valence-corrected chi connectivity index (χ0v) is 37.3. The molecule has 5 amide bonds. The molecule has 1 aliphatic heterocycles. The number of aliphatic hydroxyl groups excluding tert-OH is 1. The highest BCUT2D eigenvalue weighted by Crippen LogP contribution is 2.65. The Morgan fingerprint density at radius 3 is 2.02 bits per heavy atom. The second kappa shape index (κ2) is 21.8. The highest BCUT2D eigenvalue weighted by Gasteiger charge is 2.68. The Bertz CT molecular complexity index is 1890. The smallest absolute Gasteiger partial charge is 0.403 e. The molecule has 63 heavy (non-hydrogen) atoms. The van der Waals surface area contributed by atoms with Crippen molar-refractivity contribution < 1.29 is 38.4 Å². The summed E-state index contributed by atoms with van der Waals surface area (Å²) in [7, 11) is -0.898. The third-order valence-electron chi connectivity index (χ3n) is 13.1. The van der Waals surface area contributed by atoms with Gasteiger partial charge in [0.15, 0.2) is 6.17 Å². The van der Waals surface area contributed by atoms with Crippen molar-refractivity contribution in [2.45, 2.75) is 141 Å². The molecule has 1 heterocycles. The number of benzene rings is 2. The van der Waals surface area contributed by atoms with Gasteiger partial charge in [0.1, 0.15) is 24.2 Å². The molecule has 2 aromatic rings. The summed E-state index contributed by atoms with van der Waals surface area (Å²) in [6, 6.07) is 9.93. The van der Waals surface area contributed by atoms with Crippen molar-refractivity contribution in [3.05, 3.63) is 59.7 Å². The molecule has 2 bridgehead atoms. The molecule has 3 aliphatic carbocycles. The first-order valence-electron chi connectivity index (χ1n) is 22.3. The normalized spacial score (nSPS) is 23.7. The van der Waals surface area contributed by atoms with E-state index >= 15 is 0 Å². The van der Waals surface area contributed by atoms with Gasteiger partial charge in [-0.1, -0.05) is 39.3 Å². The molecule has 19 heteroatoms. The Balaban J connectivity index is 1.13. The fourth-order valence-corrected chi connectivity index (χ4v) is 9.06. The number of amides is 5. The number of aryl methyl sites for hydroxylation is 1. The van der Waals surface area contributed by atoms with Gasteiger partial charge in [-0.2, -0.15) is 0 Å². The number of rotatable bonds is 23. The van der Waals surface area contributed by atoms with Gasteiger partial charge < -0.3 is 69.3 Å². The van der Waals surface area contributed by atoms with Crippen molar-refractivity contribution in [2.75, 3.05) is 18.4 Å². The van der Waals surface area contributed by atoms with Crippen molar-refractivity contribution in [3.63, 3.8) is 0 Å². The van der Waals surface area contributed by atoms with Crippen molar-refractivity contribution in [2.24, 2.45) is 40.2 Å². The molecule has 18 nitrogen and oxygen atoms in total. The maximum Gasteiger partial charge on any atom is 0.497 e. The van der Waals surface area contributed by atoms with Crippen LogP contribution in [0, 0.1) is 17.3 Å². The van der Waals surface area contributed by atoms with E-state index in [9.17, 15) is 29.1 Å². The number of nitrogens with two attached hydrogens (primary N) is 4. The Morgan fingerprint density at radius 1 is 0.778 bits per heavy atom. The molecule has 10 atom stereocenters. The van der Waals surface area contributed by atoms with Crippen molar-refractivity contribution in [1.29, 1.82) is 0 Å². The lowest BCUT2D eigenvalue weighted by Crippen LogP contribution is -2.65. The number of aliphatic hydroxyl groups is 1. The van der Waals surface area contributed by atoms with Crippen LogP contribution in [0.15, 0.2) is 48.5 Å². The molecule has 0 radical (unpaired) electrons. The molecule has 0 aromatic heterocycles. The highest BCUT2D eigenvalue weighted by atomic mass is 16.7. The standard InChI is InChI=1S/C44H69BN10O8/c1-6-7-10-26-12-16-29(17-13-26)50-30-18-14-27(15-19-30)37(57)51-32(20-22-47)38(58)53-35(25(2)56)40(60)54-36(48)41(61)52-31(11-8-9-21-46)39(59)55-42(49)45-62-34-24-28-23-33(43(28,3)4)44(34,5)63-45/h12-19,25,28,31-36,42,50,56H,6-11,20-24,46-49H2,1-5H3,(H,51,57)(H,52,61)(H,53,58)(H,54,60)(H,55,59)/t25-,28+,31+,32+,33+,34?,35+,36-,42-,44+/m1/s1. The number of carbonyl (C=O) groups is 5. The molecule has 346 valence electrons. The minimum Gasteiger partial charge on any atom is -0.403 e. The summed E-state index contributed by atoms with van der Waals surface area (Å²) in [6.07, 6.45) is 3.10. The summed E-state index contributed by atoms with van der Waals surface area (Å²) < 4.78 is 12.6. The van der Waals surface area contributed by atoms with Gasteiger partial charge in [0.25, 0.3) is 11.8 Å². The van der Waals surface area contributed by atoms with E-state index in [-0.39, 0.29) is 36.5 Å². The number of unbranched alkanes of at least 4 members (excludes halogenated alkanes) is 2. The predicted octanol–water partition coefficient (Wildman–Crippen LogP) is 0.769. The molecule has 1 saturated heterocycles. The Morgan fingerprint density at radius 2 is 1.41 bits per heavy atom. The fourth-order valence-electron chi connectivity index (χ4n) is 9.06. The van der Waals surface area contributed by atoms with Gasteiger partial charge in [-0.15, -0.1) is 0 Å². The minimum absolute atomic E-state index is 0.0108. The molecule has 4 fully saturated rings. The highest BCUT2D eigenvalue weighted by molar-refractivity contribution is 6.47. The van der Waals surface area contributed by atoms with Crippen LogP contribution < -0.4 is 54.8 Å². The Hall–Kier alpha value is -4.63. The lowest BCUT2D eigenvalue weighted by atomic mass is 9.43. The van der Waals surface area contributed by atoms with Crippen LogP contribution >= 0.6 is 0 Å². The maximum atomic E-state index is 13.6. The SMILES string of the molecule is CCCCc1ccc(Nc2ccc(C(=O)N[C@@H](CCN)C(=O)N[C@H](C(=O)N[C@@H](N)C(=O)N[C@@H](CCCCN)C(=O)N[C@@H](N)B3OC4C[C@@H]5C[C@@H](C5(C)C)[C@]4(C)O3)[C@@H](C)O)cc2)cc1. The van der Waals surface area contributed by atoms with E-state index in [0.717, 1.165) is 43.5 Å². The van der Waals surface area contributed by atoms with Gasteiger partial charge >= 0.3 is 7.12 Å². The van der Waals surface area contributed by atoms with Crippen LogP contribution in [0.3, 0.4) is 0 Å². The first kappa shape index (κ1) is 49.4. The first-order valence-corrected chi connectivity index (χ1v) is 22.3. The maximum absolute atomic E-state index is 13.6. The van der Waals surface area contributed by atoms with Crippen LogP contribution in [0.4, 0.5) is 11.4 Å². The summed E-state index contributed by atoms with van der Waals surface area (Å²) in [4.78, 5) is 67.0. The van der Waals surface area contributed by atoms with E-state index in [2.05, 4.69) is 64.8 Å². The number of hydrogen-bond donors (Lipinski definition) is 11. The monoisotopic (exact) mass is 877 g/mol. The largest absolute Gasteiger partial charge is 0.497 e. The fraction of sp³-hybridized carbons (Fsp3) is 0.614. The lowest BCUT2D eigenvalue weighted by molar-refractivity contribution is -0.199. The number of anilines is 2. The van der Waals surface area contributed by atoms with E-state index in [1.807, 2.05) is 19.1 Å². The molecule has 6 rings (SSSR count).